The van der Waals surface area contributed by atoms with E-state index in [-0.39, 0.29) is 23.3 Å². The van der Waals surface area contributed by atoms with Crippen LogP contribution in [0, 0.1) is 12.8 Å². The highest BCUT2D eigenvalue weighted by Gasteiger charge is 2.44. The fourth-order valence-electron chi connectivity index (χ4n) is 2.68. The molecule has 1 aromatic heterocycles. The van der Waals surface area contributed by atoms with Crippen molar-refractivity contribution >= 4 is 17.6 Å². The highest BCUT2D eigenvalue weighted by Crippen LogP contribution is 2.48. The second-order valence-electron chi connectivity index (χ2n) is 5.36. The molecule has 1 fully saturated rings. The Hall–Kier alpha value is -2.56. The Morgan fingerprint density at radius 2 is 2.00 bits per heavy atom. The van der Waals surface area contributed by atoms with E-state index in [0.29, 0.717) is 11.4 Å². The molecule has 1 aliphatic rings. The zero-order valence-corrected chi connectivity index (χ0v) is 11.6. The molecule has 1 heterocycles. The summed E-state index contributed by atoms with van der Waals surface area (Å²) in [4.78, 5) is 26.2. The van der Waals surface area contributed by atoms with Crippen LogP contribution in [0.5, 0.6) is 0 Å². The van der Waals surface area contributed by atoms with Crippen LogP contribution in [-0.4, -0.2) is 22.0 Å². The number of carbonyl (C=O) groups excluding carboxylic acids is 1. The second-order valence-corrected chi connectivity index (χ2v) is 5.36. The van der Waals surface area contributed by atoms with Gasteiger partial charge in [0.15, 0.2) is 0 Å². The number of hydrogen-bond donors (Lipinski definition) is 3. The first-order valence-corrected chi connectivity index (χ1v) is 6.85. The van der Waals surface area contributed by atoms with Gasteiger partial charge in [-0.25, -0.2) is 4.79 Å². The largest absolute Gasteiger partial charge is 0.478 e. The van der Waals surface area contributed by atoms with E-state index >= 15 is 0 Å². The van der Waals surface area contributed by atoms with Crippen LogP contribution in [-0.2, 0) is 4.79 Å². The van der Waals surface area contributed by atoms with Crippen LogP contribution in [0.2, 0.25) is 0 Å². The number of hydrogen-bond acceptors (Lipinski definition) is 2. The van der Waals surface area contributed by atoms with Gasteiger partial charge in [-0.05, 0) is 24.8 Å². The minimum Gasteiger partial charge on any atom is -0.478 e. The van der Waals surface area contributed by atoms with Crippen molar-refractivity contribution in [3.8, 4) is 0 Å². The van der Waals surface area contributed by atoms with Gasteiger partial charge < -0.3 is 15.4 Å². The lowest BCUT2D eigenvalue weighted by Crippen LogP contribution is -2.16. The number of carboxylic acids is 1. The van der Waals surface area contributed by atoms with E-state index in [9.17, 15) is 9.59 Å². The predicted molar refractivity (Wildman–Crippen MR) is 78.4 cm³/mol. The second kappa shape index (κ2) is 5.09. The Balaban J connectivity index is 1.70. The monoisotopic (exact) mass is 284 g/mol. The number of amides is 1. The molecule has 1 saturated carbocycles. The van der Waals surface area contributed by atoms with E-state index in [0.717, 1.165) is 12.0 Å². The minimum atomic E-state index is -1.04. The highest BCUT2D eigenvalue weighted by molar-refractivity contribution is 6.03. The average molecular weight is 284 g/mol. The molecule has 2 atom stereocenters. The summed E-state index contributed by atoms with van der Waals surface area (Å²) >= 11 is 0. The Labute approximate surface area is 122 Å². The van der Waals surface area contributed by atoms with Crippen LogP contribution >= 0.6 is 0 Å². The summed E-state index contributed by atoms with van der Waals surface area (Å²) in [6, 6.07) is 9.89. The van der Waals surface area contributed by atoms with Gasteiger partial charge in [0.05, 0.1) is 5.69 Å². The number of rotatable bonds is 4. The topological polar surface area (TPSA) is 82.2 Å². The van der Waals surface area contributed by atoms with Crippen molar-refractivity contribution in [3.05, 3.63) is 53.3 Å². The fraction of sp³-hybridized carbons (Fsp3) is 0.250. The molecule has 3 N–H and O–H groups in total. The van der Waals surface area contributed by atoms with Crippen molar-refractivity contribution in [1.82, 2.24) is 4.98 Å². The zero-order valence-electron chi connectivity index (χ0n) is 11.6. The zero-order chi connectivity index (χ0) is 15.0. The molecule has 1 amide bonds. The lowest BCUT2D eigenvalue weighted by molar-refractivity contribution is -0.117. The van der Waals surface area contributed by atoms with Gasteiger partial charge in [0, 0.05) is 17.8 Å². The molecule has 1 aromatic carbocycles. The van der Waals surface area contributed by atoms with Crippen molar-refractivity contribution in [2.24, 2.45) is 5.92 Å². The fourth-order valence-corrected chi connectivity index (χ4v) is 2.68. The number of aryl methyl sites for hydroxylation is 1. The van der Waals surface area contributed by atoms with Crippen LogP contribution in [0.1, 0.15) is 34.0 Å². The van der Waals surface area contributed by atoms with Gasteiger partial charge >= 0.3 is 5.97 Å². The van der Waals surface area contributed by atoms with Crippen LogP contribution in [0.4, 0.5) is 5.69 Å². The molecule has 21 heavy (non-hydrogen) atoms. The number of aromatic nitrogens is 1. The van der Waals surface area contributed by atoms with Crippen LogP contribution in [0.15, 0.2) is 36.5 Å². The molecule has 5 heteroatoms. The smallest absolute Gasteiger partial charge is 0.339 e. The molecular weight excluding hydrogens is 268 g/mol. The molecule has 5 nitrogen and oxygen atoms in total. The average Bonchev–Trinajstić information content (AvgIpc) is 3.18. The van der Waals surface area contributed by atoms with Crippen molar-refractivity contribution in [2.75, 3.05) is 5.32 Å². The summed E-state index contributed by atoms with van der Waals surface area (Å²) in [5, 5.41) is 11.9. The third kappa shape index (κ3) is 2.54. The minimum absolute atomic E-state index is 0.0794. The van der Waals surface area contributed by atoms with Crippen LogP contribution < -0.4 is 5.32 Å². The molecule has 0 aliphatic heterocycles. The van der Waals surface area contributed by atoms with Gasteiger partial charge in [-0.1, -0.05) is 30.3 Å². The Morgan fingerprint density at radius 3 is 2.67 bits per heavy atom. The summed E-state index contributed by atoms with van der Waals surface area (Å²) in [6.45, 7) is 1.67. The third-order valence-corrected chi connectivity index (χ3v) is 3.90. The van der Waals surface area contributed by atoms with Crippen molar-refractivity contribution in [3.63, 3.8) is 0 Å². The van der Waals surface area contributed by atoms with Gasteiger partial charge in [-0.3, -0.25) is 4.79 Å². The molecular formula is C16H16N2O3. The highest BCUT2D eigenvalue weighted by atomic mass is 16.4. The first-order chi connectivity index (χ1) is 10.1. The Kier molecular flexibility index (Phi) is 3.25. The molecule has 0 saturated heterocycles. The number of aromatic carboxylic acids is 1. The summed E-state index contributed by atoms with van der Waals surface area (Å²) in [6.07, 6.45) is 2.33. The van der Waals surface area contributed by atoms with E-state index in [1.807, 2.05) is 30.3 Å². The number of benzene rings is 1. The predicted octanol–water partition coefficient (Wildman–Crippen LogP) is 2.76. The van der Waals surface area contributed by atoms with Gasteiger partial charge in [-0.2, -0.15) is 0 Å². The maximum atomic E-state index is 12.2. The van der Waals surface area contributed by atoms with Gasteiger partial charge in [0.25, 0.3) is 0 Å². The van der Waals surface area contributed by atoms with E-state index in [1.54, 1.807) is 6.92 Å². The third-order valence-electron chi connectivity index (χ3n) is 3.90. The number of nitrogens with one attached hydrogen (secondary N) is 2. The van der Waals surface area contributed by atoms with E-state index in [2.05, 4.69) is 10.3 Å². The van der Waals surface area contributed by atoms with E-state index in [4.69, 9.17) is 5.11 Å². The number of anilines is 1. The quantitative estimate of drug-likeness (QED) is 0.807. The molecule has 0 bridgehead atoms. The summed E-state index contributed by atoms with van der Waals surface area (Å²) in [5.41, 5.74) is 2.15. The molecule has 0 radical (unpaired) electrons. The van der Waals surface area contributed by atoms with E-state index in [1.165, 1.54) is 6.20 Å². The Bertz CT molecular complexity index is 691. The van der Waals surface area contributed by atoms with Gasteiger partial charge in [-0.15, -0.1) is 0 Å². The normalized spacial score (nSPS) is 20.0. The van der Waals surface area contributed by atoms with Crippen molar-refractivity contribution in [1.29, 1.82) is 0 Å². The molecule has 3 rings (SSSR count). The summed E-state index contributed by atoms with van der Waals surface area (Å²) < 4.78 is 0. The number of carbonyl (C=O) groups is 2. The van der Waals surface area contributed by atoms with Crippen LogP contribution in [0.3, 0.4) is 0 Å². The maximum Gasteiger partial charge on any atom is 0.339 e. The maximum absolute atomic E-state index is 12.2. The van der Waals surface area contributed by atoms with Crippen molar-refractivity contribution < 1.29 is 14.7 Å². The summed E-state index contributed by atoms with van der Waals surface area (Å²) in [7, 11) is 0. The number of H-pyrrole nitrogens is 1. The first kappa shape index (κ1) is 13.4. The first-order valence-electron chi connectivity index (χ1n) is 6.85. The lowest BCUT2D eigenvalue weighted by Gasteiger charge is -2.05. The number of carboxylic acid groups (broad SMARTS) is 1. The molecule has 2 aromatic rings. The van der Waals surface area contributed by atoms with Crippen molar-refractivity contribution in [2.45, 2.75) is 19.3 Å². The molecule has 1 aliphatic carbocycles. The van der Waals surface area contributed by atoms with Gasteiger partial charge in [0.1, 0.15) is 5.56 Å². The molecule has 0 spiro atoms. The lowest BCUT2D eigenvalue weighted by atomic mass is 10.1. The summed E-state index contributed by atoms with van der Waals surface area (Å²) in [5.74, 6) is -1.01. The van der Waals surface area contributed by atoms with Crippen LogP contribution in [0.25, 0.3) is 0 Å². The van der Waals surface area contributed by atoms with E-state index < -0.39 is 5.97 Å². The number of aromatic amines is 1. The SMILES string of the molecule is Cc1[nH]cc(NC(=O)C2CC2c2ccccc2)c1C(=O)O. The molecule has 108 valence electrons. The Morgan fingerprint density at radius 1 is 1.29 bits per heavy atom. The molecule has 2 unspecified atom stereocenters. The van der Waals surface area contributed by atoms with Gasteiger partial charge in [0.2, 0.25) is 5.91 Å². The standard InChI is InChI=1S/C16H16N2O3/c1-9-14(16(20)21)13(8-17-9)18-15(19)12-7-11(12)10-5-3-2-4-6-10/h2-6,8,11-12,17H,7H2,1H3,(H,18,19)(H,20,21).